The van der Waals surface area contributed by atoms with Crippen LogP contribution in [0.2, 0.25) is 0 Å². The van der Waals surface area contributed by atoms with E-state index in [1.165, 1.54) is 0 Å². The maximum absolute atomic E-state index is 13.3. The molecular weight excluding hydrogens is 259 g/mol. The molecule has 0 atom stereocenters. The SMILES string of the molecule is O=Cc1c(F)cc(OC2CN(CCCF)C2)cc1F. The molecule has 0 bridgehead atoms. The van der Waals surface area contributed by atoms with E-state index < -0.39 is 17.2 Å². The van der Waals surface area contributed by atoms with Gasteiger partial charge in [-0.3, -0.25) is 14.1 Å². The smallest absolute Gasteiger partial charge is 0.155 e. The Hall–Kier alpha value is -1.56. The molecule has 2 rings (SSSR count). The predicted octanol–water partition coefficient (Wildman–Crippen LogP) is 2.20. The van der Waals surface area contributed by atoms with E-state index in [0.717, 1.165) is 12.1 Å². The van der Waals surface area contributed by atoms with Crippen molar-refractivity contribution >= 4 is 6.29 Å². The summed E-state index contributed by atoms with van der Waals surface area (Å²) in [6, 6.07) is 1.99. The van der Waals surface area contributed by atoms with Gasteiger partial charge in [-0.2, -0.15) is 0 Å². The molecular formula is C13H14F3NO2. The lowest BCUT2D eigenvalue weighted by Gasteiger charge is -2.38. The lowest BCUT2D eigenvalue weighted by Crippen LogP contribution is -2.53. The summed E-state index contributed by atoms with van der Waals surface area (Å²) in [6.07, 6.45) is 0.459. The van der Waals surface area contributed by atoms with Gasteiger partial charge < -0.3 is 4.74 Å². The highest BCUT2D eigenvalue weighted by Gasteiger charge is 2.28. The molecule has 0 amide bonds. The van der Waals surface area contributed by atoms with Crippen LogP contribution in [0.15, 0.2) is 12.1 Å². The number of carbonyl (C=O) groups excluding carboxylic acids is 1. The maximum Gasteiger partial charge on any atom is 0.155 e. The van der Waals surface area contributed by atoms with Crippen LogP contribution in [0, 0.1) is 11.6 Å². The van der Waals surface area contributed by atoms with Crippen LogP contribution in [0.5, 0.6) is 5.75 Å². The van der Waals surface area contributed by atoms with Crippen molar-refractivity contribution < 1.29 is 22.7 Å². The number of hydrogen-bond donors (Lipinski definition) is 0. The van der Waals surface area contributed by atoms with Gasteiger partial charge in [0, 0.05) is 31.8 Å². The van der Waals surface area contributed by atoms with Gasteiger partial charge in [-0.05, 0) is 6.42 Å². The van der Waals surface area contributed by atoms with Gasteiger partial charge >= 0.3 is 0 Å². The van der Waals surface area contributed by atoms with E-state index in [4.69, 9.17) is 4.74 Å². The van der Waals surface area contributed by atoms with Crippen molar-refractivity contribution in [3.8, 4) is 5.75 Å². The minimum Gasteiger partial charge on any atom is -0.488 e. The van der Waals surface area contributed by atoms with Gasteiger partial charge in [-0.25, -0.2) is 8.78 Å². The van der Waals surface area contributed by atoms with Crippen molar-refractivity contribution in [1.29, 1.82) is 0 Å². The summed E-state index contributed by atoms with van der Waals surface area (Å²) in [5, 5.41) is 0. The number of nitrogens with zero attached hydrogens (tertiary/aromatic N) is 1. The van der Waals surface area contributed by atoms with Gasteiger partial charge in [0.1, 0.15) is 23.5 Å². The van der Waals surface area contributed by atoms with Crippen molar-refractivity contribution in [3.63, 3.8) is 0 Å². The van der Waals surface area contributed by atoms with E-state index in [9.17, 15) is 18.0 Å². The van der Waals surface area contributed by atoms with Gasteiger partial charge in [0.25, 0.3) is 0 Å². The summed E-state index contributed by atoms with van der Waals surface area (Å²) in [7, 11) is 0. The minimum absolute atomic E-state index is 0.0655. The molecule has 1 heterocycles. The Morgan fingerprint density at radius 1 is 1.32 bits per heavy atom. The Morgan fingerprint density at radius 2 is 1.95 bits per heavy atom. The number of benzene rings is 1. The largest absolute Gasteiger partial charge is 0.488 e. The summed E-state index contributed by atoms with van der Waals surface area (Å²) < 4.78 is 44.0. The number of halogens is 3. The first-order valence-electron chi connectivity index (χ1n) is 6.03. The third-order valence-corrected chi connectivity index (χ3v) is 3.00. The van der Waals surface area contributed by atoms with E-state index in [1.807, 2.05) is 4.90 Å². The van der Waals surface area contributed by atoms with E-state index in [-0.39, 0.29) is 24.8 Å². The van der Waals surface area contributed by atoms with Crippen molar-refractivity contribution in [2.45, 2.75) is 12.5 Å². The van der Waals surface area contributed by atoms with E-state index in [1.54, 1.807) is 0 Å². The number of alkyl halides is 1. The Morgan fingerprint density at radius 3 is 2.47 bits per heavy atom. The van der Waals surface area contributed by atoms with Crippen LogP contribution < -0.4 is 4.74 Å². The number of carbonyl (C=O) groups is 1. The minimum atomic E-state index is -0.932. The highest BCUT2D eigenvalue weighted by atomic mass is 19.1. The number of hydrogen-bond acceptors (Lipinski definition) is 3. The first kappa shape index (κ1) is 13.9. The first-order valence-corrected chi connectivity index (χ1v) is 6.03. The fourth-order valence-electron chi connectivity index (χ4n) is 2.00. The summed E-state index contributed by atoms with van der Waals surface area (Å²) in [6.45, 7) is 1.52. The normalized spacial score (nSPS) is 16.2. The van der Waals surface area contributed by atoms with Crippen molar-refractivity contribution in [2.75, 3.05) is 26.3 Å². The highest BCUT2D eigenvalue weighted by molar-refractivity contribution is 5.75. The predicted molar refractivity (Wildman–Crippen MR) is 63.2 cm³/mol. The Balaban J connectivity index is 1.90. The first-order chi connectivity index (χ1) is 9.13. The molecule has 3 nitrogen and oxygen atoms in total. The molecule has 104 valence electrons. The number of likely N-dealkylation sites (tertiary alicyclic amines) is 1. The highest BCUT2D eigenvalue weighted by Crippen LogP contribution is 2.23. The summed E-state index contributed by atoms with van der Waals surface area (Å²) in [5.74, 6) is -1.80. The molecule has 6 heteroatoms. The van der Waals surface area contributed by atoms with Gasteiger partial charge in [-0.15, -0.1) is 0 Å². The second-order valence-corrected chi connectivity index (χ2v) is 4.46. The molecule has 0 N–H and O–H groups in total. The monoisotopic (exact) mass is 273 g/mol. The van der Waals surface area contributed by atoms with Crippen molar-refractivity contribution in [3.05, 3.63) is 29.3 Å². The molecule has 1 saturated heterocycles. The van der Waals surface area contributed by atoms with Crippen LogP contribution in [0.1, 0.15) is 16.8 Å². The molecule has 1 aromatic rings. The van der Waals surface area contributed by atoms with Gasteiger partial charge in [0.15, 0.2) is 6.29 Å². The van der Waals surface area contributed by atoms with Crippen molar-refractivity contribution in [1.82, 2.24) is 4.90 Å². The number of aldehydes is 1. The summed E-state index contributed by atoms with van der Waals surface area (Å²) in [4.78, 5) is 12.4. The Labute approximate surface area is 109 Å². The van der Waals surface area contributed by atoms with E-state index in [2.05, 4.69) is 0 Å². The van der Waals surface area contributed by atoms with Crippen molar-refractivity contribution in [2.24, 2.45) is 0 Å². The zero-order valence-electron chi connectivity index (χ0n) is 10.2. The third-order valence-electron chi connectivity index (χ3n) is 3.00. The third kappa shape index (κ3) is 3.26. The molecule has 1 fully saturated rings. The van der Waals surface area contributed by atoms with E-state index in [0.29, 0.717) is 26.1 Å². The van der Waals surface area contributed by atoms with E-state index >= 15 is 0 Å². The Bertz CT molecular complexity index is 438. The second-order valence-electron chi connectivity index (χ2n) is 4.46. The van der Waals surface area contributed by atoms with Crippen LogP contribution in [0.4, 0.5) is 13.2 Å². The van der Waals surface area contributed by atoms with Crippen LogP contribution in [-0.4, -0.2) is 43.6 Å². The molecule has 0 aromatic heterocycles. The van der Waals surface area contributed by atoms with Crippen LogP contribution >= 0.6 is 0 Å². The average Bonchev–Trinajstić information content (AvgIpc) is 2.31. The quantitative estimate of drug-likeness (QED) is 0.744. The lowest BCUT2D eigenvalue weighted by molar-refractivity contribution is 0.0181. The fourth-order valence-corrected chi connectivity index (χ4v) is 2.00. The van der Waals surface area contributed by atoms with Gasteiger partial charge in [-0.1, -0.05) is 0 Å². The summed E-state index contributed by atoms with van der Waals surface area (Å²) >= 11 is 0. The molecule has 0 unspecified atom stereocenters. The molecule has 1 aliphatic heterocycles. The standard InChI is InChI=1S/C13H14F3NO2/c14-2-1-3-17-6-10(7-17)19-9-4-12(15)11(8-18)13(16)5-9/h4-5,8,10H,1-3,6-7H2. The fraction of sp³-hybridized carbons (Fsp3) is 0.462. The molecule has 0 saturated carbocycles. The molecule has 0 radical (unpaired) electrons. The zero-order chi connectivity index (χ0) is 13.8. The van der Waals surface area contributed by atoms with Gasteiger partial charge in [0.2, 0.25) is 0 Å². The molecule has 1 aliphatic rings. The van der Waals surface area contributed by atoms with Gasteiger partial charge in [0.05, 0.1) is 12.2 Å². The Kier molecular flexibility index (Phi) is 4.42. The average molecular weight is 273 g/mol. The van der Waals surface area contributed by atoms with Crippen LogP contribution in [-0.2, 0) is 0 Å². The molecule has 0 aliphatic carbocycles. The molecule has 0 spiro atoms. The number of rotatable bonds is 6. The molecule has 19 heavy (non-hydrogen) atoms. The topological polar surface area (TPSA) is 29.5 Å². The zero-order valence-corrected chi connectivity index (χ0v) is 10.2. The number of ether oxygens (including phenoxy) is 1. The lowest BCUT2D eigenvalue weighted by atomic mass is 10.1. The van der Waals surface area contributed by atoms with Crippen LogP contribution in [0.25, 0.3) is 0 Å². The summed E-state index contributed by atoms with van der Waals surface area (Å²) in [5.41, 5.74) is -0.592. The van der Waals surface area contributed by atoms with Crippen LogP contribution in [0.3, 0.4) is 0 Å². The second kappa shape index (κ2) is 6.06. The molecule has 1 aromatic carbocycles. The maximum atomic E-state index is 13.3.